The molecular formula is C86H106ClFN2O4. The van der Waals surface area contributed by atoms with E-state index >= 15 is 4.39 Å². The first kappa shape index (κ1) is 69.6. The Bertz CT molecular complexity index is 4420. The van der Waals surface area contributed by atoms with Crippen molar-refractivity contribution in [3.63, 3.8) is 0 Å². The number of nitrogens with zero attached hydrogens (tertiary/aromatic N) is 2. The minimum Gasteiger partial charge on any atom is -0.711 e. The van der Waals surface area contributed by atoms with Gasteiger partial charge in [0.15, 0.2) is 13.2 Å². The molecule has 0 bridgehead atoms. The summed E-state index contributed by atoms with van der Waals surface area (Å²) >= 11 is 7.07. The number of rotatable bonds is 14. The van der Waals surface area contributed by atoms with Crippen molar-refractivity contribution in [1.82, 2.24) is 9.13 Å². The molecule has 0 unspecified atom stereocenters. The van der Waals surface area contributed by atoms with Crippen molar-refractivity contribution in [3.05, 3.63) is 191 Å². The number of phenols is 2. The lowest BCUT2D eigenvalue weighted by Crippen LogP contribution is -2.25. The van der Waals surface area contributed by atoms with E-state index in [4.69, 9.17) is 11.6 Å². The Morgan fingerprint density at radius 2 is 0.755 bits per heavy atom. The average Bonchev–Trinajstić information content (AvgIpc) is 1.54. The van der Waals surface area contributed by atoms with Crippen LogP contribution in [0.1, 0.15) is 211 Å². The molecule has 2 aromatic heterocycles. The maximum Gasteiger partial charge on any atom is 0.237 e. The highest BCUT2D eigenvalue weighted by Gasteiger charge is 2.35. The fourth-order valence-electron chi connectivity index (χ4n) is 14.9. The third kappa shape index (κ3) is 13.8. The summed E-state index contributed by atoms with van der Waals surface area (Å²) in [4.78, 5) is 0. The van der Waals surface area contributed by atoms with Crippen molar-refractivity contribution in [1.29, 1.82) is 0 Å². The van der Waals surface area contributed by atoms with Gasteiger partial charge >= 0.3 is 0 Å². The van der Waals surface area contributed by atoms with Gasteiger partial charge in [0.25, 0.3) is 0 Å². The Morgan fingerprint density at radius 1 is 0.404 bits per heavy atom. The van der Waals surface area contributed by atoms with Crippen LogP contribution in [-0.4, -0.2) is 32.6 Å². The Labute approximate surface area is 567 Å². The molecule has 10 aromatic rings. The van der Waals surface area contributed by atoms with Crippen LogP contribution >= 0.6 is 11.6 Å². The zero-order valence-corrected chi connectivity index (χ0v) is 61.7. The summed E-state index contributed by atoms with van der Waals surface area (Å²) in [6, 6.07) is 44.5. The number of hydrogen-bond donors (Lipinski definition) is 2. The van der Waals surface area contributed by atoms with Crippen molar-refractivity contribution in [2.45, 2.75) is 211 Å². The Kier molecular flexibility index (Phi) is 17.9. The van der Waals surface area contributed by atoms with Crippen LogP contribution < -0.4 is 0 Å². The van der Waals surface area contributed by atoms with Gasteiger partial charge in [-0.1, -0.05) is 212 Å². The predicted octanol–water partition coefficient (Wildman–Crippen LogP) is 25.5. The zero-order chi connectivity index (χ0) is 69.3. The van der Waals surface area contributed by atoms with E-state index in [1.165, 1.54) is 28.3 Å². The van der Waals surface area contributed by atoms with Crippen LogP contribution in [0.25, 0.3) is 77.2 Å². The number of aryl methyl sites for hydroxylation is 1. The number of fused-ring (bicyclic) bond motifs is 6. The van der Waals surface area contributed by atoms with Crippen LogP contribution in [-0.2, 0) is 41.2 Å². The number of benzene rings is 8. The van der Waals surface area contributed by atoms with Crippen LogP contribution in [0, 0.1) is 37.8 Å². The van der Waals surface area contributed by atoms with E-state index in [1.54, 1.807) is 6.07 Å². The molecule has 0 fully saturated rings. The van der Waals surface area contributed by atoms with Gasteiger partial charge in [-0.2, -0.15) is 0 Å². The molecular weight excluding hydrogens is 1180 g/mol. The fraction of sp³-hybridized carbons (Fsp3) is 0.419. The monoisotopic (exact) mass is 1280 g/mol. The van der Waals surface area contributed by atoms with E-state index in [-0.39, 0.29) is 54.8 Å². The quantitative estimate of drug-likeness (QED) is 0.0842. The van der Waals surface area contributed by atoms with E-state index in [9.17, 15) is 10.2 Å². The first-order valence-electron chi connectivity index (χ1n) is 33.8. The van der Waals surface area contributed by atoms with Crippen molar-refractivity contribution in [3.8, 4) is 56.6 Å². The molecule has 0 aliphatic rings. The van der Waals surface area contributed by atoms with Gasteiger partial charge in [-0.15, -0.1) is 0 Å². The molecule has 0 aliphatic heterocycles. The maximum absolute atomic E-state index is 16.5. The lowest BCUT2D eigenvalue weighted by molar-refractivity contribution is -0.0164. The van der Waals surface area contributed by atoms with E-state index in [0.717, 1.165) is 73.1 Å². The van der Waals surface area contributed by atoms with Crippen LogP contribution in [0.4, 0.5) is 4.39 Å². The minimum absolute atomic E-state index is 0.0104. The molecule has 0 saturated carbocycles. The SMILES string of the molecule is [CH2-][O+](CCC[O+]([CH2-])c1c(C)cc(F)cc1-c1cc(C(C)(C)CC(C)(C)C)cc(-n2c3cc(C(C)(C)C)ccc3c3ccc(C(C)(C)C)cc32)c1O)c1ccc(Cl)cc1-c1cc(C(C)(C)CC(C)(C)C)cc(-n2c3cc(C(C)(C)C)ccc3c3ccc(C(C)(C)C)cc32)c1O. The first-order chi connectivity index (χ1) is 43.2. The summed E-state index contributed by atoms with van der Waals surface area (Å²) in [7, 11) is 9.25. The van der Waals surface area contributed by atoms with Crippen LogP contribution in [0.15, 0.2) is 127 Å². The lowest BCUT2D eigenvalue weighted by Gasteiger charge is -2.35. The average molecular weight is 1290 g/mol. The van der Waals surface area contributed by atoms with E-state index in [2.05, 4.69) is 281 Å². The van der Waals surface area contributed by atoms with Crippen molar-refractivity contribution in [2.24, 2.45) is 10.8 Å². The number of aromatic hydroxyl groups is 2. The molecule has 6 nitrogen and oxygen atoms in total. The highest BCUT2D eigenvalue weighted by atomic mass is 35.5. The molecule has 8 aromatic carbocycles. The molecule has 0 radical (unpaired) electrons. The summed E-state index contributed by atoms with van der Waals surface area (Å²) in [6.45, 7) is 52.3. The second-order valence-corrected chi connectivity index (χ2v) is 35.5. The third-order valence-corrected chi connectivity index (χ3v) is 19.5. The second kappa shape index (κ2) is 24.2. The van der Waals surface area contributed by atoms with Crippen molar-refractivity contribution in [2.75, 3.05) is 13.2 Å². The Hall–Kier alpha value is -7.22. The summed E-state index contributed by atoms with van der Waals surface area (Å²) in [6.07, 6.45) is 2.25. The number of halogens is 2. The number of phenolic OH excluding ortho intramolecular Hbond substituents is 2. The molecule has 498 valence electrons. The molecule has 0 atom stereocenters. The van der Waals surface area contributed by atoms with E-state index in [0.29, 0.717) is 69.8 Å². The molecule has 0 saturated heterocycles. The molecule has 0 amide bonds. The highest BCUT2D eigenvalue weighted by molar-refractivity contribution is 6.31. The normalized spacial score (nSPS) is 13.4. The summed E-state index contributed by atoms with van der Waals surface area (Å²) in [5.41, 5.74) is 13.9. The predicted molar refractivity (Wildman–Crippen MR) is 401 cm³/mol. The summed E-state index contributed by atoms with van der Waals surface area (Å²) in [5.74, 6) is 1.11. The maximum atomic E-state index is 16.5. The van der Waals surface area contributed by atoms with Gasteiger partial charge in [-0.05, 0) is 183 Å². The van der Waals surface area contributed by atoms with Crippen LogP contribution in [0.3, 0.4) is 0 Å². The van der Waals surface area contributed by atoms with Gasteiger partial charge in [0.05, 0.1) is 44.6 Å². The number of aromatic nitrogens is 2. The Balaban J connectivity index is 1.09. The Morgan fingerprint density at radius 3 is 1.11 bits per heavy atom. The van der Waals surface area contributed by atoms with Crippen LogP contribution in [0.2, 0.25) is 5.02 Å². The van der Waals surface area contributed by atoms with Crippen LogP contribution in [0.5, 0.6) is 23.0 Å². The van der Waals surface area contributed by atoms with Gasteiger partial charge < -0.3 is 28.1 Å². The summed E-state index contributed by atoms with van der Waals surface area (Å²) < 4.78 is 27.2. The molecule has 0 spiro atoms. The molecule has 94 heavy (non-hydrogen) atoms. The largest absolute Gasteiger partial charge is 0.711 e. The van der Waals surface area contributed by atoms with E-state index in [1.807, 2.05) is 25.1 Å². The standard InChI is InChI=1S/C86H106ClFN2O4/c1-52-39-60(88)49-68(67-41-58(86(22,23)51-80(5,6)7)47-74(77(67)92)90-71-44-55(83(14,15)16)29-34-63(71)64-35-30-56(45-72(64)90)84(17,18)19)78(52)94(25)38-26-37-93(24)75-36-31-59(87)48-65(75)66-40-57(85(20,21)50-79(2,3)4)46-73(76(66)91)89-69-42-53(81(8,9)10)27-32-61(69)62-33-28-54(43-70(62)89)82(11,12)13/h27-36,39-49,91-92H,24-26,37-38,50-51H2,1-23H3. The van der Waals surface area contributed by atoms with Crippen molar-refractivity contribution >= 4 is 55.2 Å². The lowest BCUT2D eigenvalue weighted by atomic mass is 9.71. The molecule has 10 rings (SSSR count). The molecule has 0 aliphatic carbocycles. The van der Waals surface area contributed by atoms with Gasteiger partial charge in [-0.3, -0.25) is 0 Å². The molecule has 2 heterocycles. The molecule has 8 heteroatoms. The third-order valence-electron chi connectivity index (χ3n) is 19.3. The van der Waals surface area contributed by atoms with Crippen molar-refractivity contribution < 1.29 is 23.3 Å². The smallest absolute Gasteiger partial charge is 0.237 e. The van der Waals surface area contributed by atoms with Gasteiger partial charge in [0.2, 0.25) is 11.5 Å². The second-order valence-electron chi connectivity index (χ2n) is 35.1. The van der Waals surface area contributed by atoms with Gasteiger partial charge in [0, 0.05) is 49.3 Å². The van der Waals surface area contributed by atoms with E-state index < -0.39 is 5.82 Å². The minimum atomic E-state index is -0.415. The molecule has 2 N–H and O–H groups in total. The fourth-order valence-corrected chi connectivity index (χ4v) is 15.1. The topological polar surface area (TPSA) is 55.7 Å². The zero-order valence-electron chi connectivity index (χ0n) is 60.9. The highest BCUT2D eigenvalue weighted by Crippen LogP contribution is 2.53. The van der Waals surface area contributed by atoms with Gasteiger partial charge in [0.1, 0.15) is 23.7 Å². The first-order valence-corrected chi connectivity index (χ1v) is 34.2. The van der Waals surface area contributed by atoms with Gasteiger partial charge in [-0.25, -0.2) is 4.39 Å². The number of hydrogen-bond acceptors (Lipinski definition) is 2. The summed E-state index contributed by atoms with van der Waals surface area (Å²) in [5, 5.41) is 31.6.